The normalized spacial score (nSPS) is 9.94. The molecule has 88 valence electrons. The minimum absolute atomic E-state index is 0.116. The van der Waals surface area contributed by atoms with Crippen molar-refractivity contribution in [1.29, 1.82) is 0 Å². The number of methoxy groups -OCH3 is 1. The Bertz CT molecular complexity index is 534. The van der Waals surface area contributed by atoms with Crippen molar-refractivity contribution in [2.24, 2.45) is 0 Å². The van der Waals surface area contributed by atoms with Crippen LogP contribution in [0.15, 0.2) is 23.8 Å². The summed E-state index contributed by atoms with van der Waals surface area (Å²) in [6.07, 6.45) is 2.27. The molecule has 1 amide bonds. The van der Waals surface area contributed by atoms with Crippen molar-refractivity contribution in [1.82, 2.24) is 14.8 Å². The van der Waals surface area contributed by atoms with Gasteiger partial charge in [-0.1, -0.05) is 0 Å². The molecule has 0 saturated carbocycles. The van der Waals surface area contributed by atoms with Crippen LogP contribution in [-0.2, 0) is 4.74 Å². The van der Waals surface area contributed by atoms with Gasteiger partial charge in [-0.2, -0.15) is 9.78 Å². The van der Waals surface area contributed by atoms with Gasteiger partial charge in [0.1, 0.15) is 0 Å². The van der Waals surface area contributed by atoms with E-state index in [0.29, 0.717) is 5.13 Å². The fourth-order valence-electron chi connectivity index (χ4n) is 1.09. The second-order valence-corrected chi connectivity index (χ2v) is 3.80. The predicted molar refractivity (Wildman–Crippen MR) is 60.1 cm³/mol. The highest BCUT2D eigenvalue weighted by Crippen LogP contribution is 2.11. The van der Waals surface area contributed by atoms with Crippen molar-refractivity contribution in [3.63, 3.8) is 0 Å². The molecular weight excluding hydrogens is 244 g/mol. The van der Waals surface area contributed by atoms with Crippen LogP contribution in [0.1, 0.15) is 10.5 Å². The number of anilines is 1. The second kappa shape index (κ2) is 4.74. The number of thiazole rings is 1. The molecule has 0 aliphatic rings. The van der Waals surface area contributed by atoms with Crippen molar-refractivity contribution >= 4 is 28.5 Å². The van der Waals surface area contributed by atoms with E-state index < -0.39 is 12.0 Å². The number of carbonyl (C=O) groups excluding carboxylic acids is 2. The minimum atomic E-state index is -0.654. The van der Waals surface area contributed by atoms with Crippen molar-refractivity contribution in [3.05, 3.63) is 29.5 Å². The minimum Gasteiger partial charge on any atom is -0.451 e. The van der Waals surface area contributed by atoms with Crippen LogP contribution < -0.4 is 5.32 Å². The molecular formula is C9H8N4O3S. The highest BCUT2D eigenvalue weighted by molar-refractivity contribution is 7.13. The number of amides is 1. The average Bonchev–Trinajstić information content (AvgIpc) is 2.98. The van der Waals surface area contributed by atoms with E-state index in [9.17, 15) is 9.59 Å². The SMILES string of the molecule is COC(=O)n1ccc(C(=O)Nc2nccs2)n1. The Hall–Kier alpha value is -2.22. The zero-order valence-electron chi connectivity index (χ0n) is 8.78. The molecule has 2 heterocycles. The molecule has 7 nitrogen and oxygen atoms in total. The molecule has 17 heavy (non-hydrogen) atoms. The van der Waals surface area contributed by atoms with E-state index in [-0.39, 0.29) is 5.69 Å². The third-order valence-corrected chi connectivity index (χ3v) is 2.52. The molecule has 0 aliphatic carbocycles. The summed E-state index contributed by atoms with van der Waals surface area (Å²) in [5.41, 5.74) is 0.116. The first-order valence-corrected chi connectivity index (χ1v) is 5.43. The number of aromatic nitrogens is 3. The maximum Gasteiger partial charge on any atom is 0.434 e. The predicted octanol–water partition coefficient (Wildman–Crippen LogP) is 1.21. The van der Waals surface area contributed by atoms with E-state index in [1.54, 1.807) is 11.6 Å². The third-order valence-electron chi connectivity index (χ3n) is 1.84. The van der Waals surface area contributed by atoms with Gasteiger partial charge >= 0.3 is 6.09 Å². The lowest BCUT2D eigenvalue weighted by Gasteiger charge is -1.98. The van der Waals surface area contributed by atoms with Gasteiger partial charge in [0.25, 0.3) is 5.91 Å². The lowest BCUT2D eigenvalue weighted by atomic mass is 10.4. The van der Waals surface area contributed by atoms with Gasteiger partial charge in [-0.05, 0) is 6.07 Å². The molecule has 0 aromatic carbocycles. The maximum absolute atomic E-state index is 11.7. The smallest absolute Gasteiger partial charge is 0.434 e. The van der Waals surface area contributed by atoms with E-state index in [4.69, 9.17) is 0 Å². The Balaban J connectivity index is 2.10. The Kier molecular flexibility index (Phi) is 3.15. The van der Waals surface area contributed by atoms with Gasteiger partial charge in [0.2, 0.25) is 0 Å². The fraction of sp³-hybridized carbons (Fsp3) is 0.111. The first-order valence-electron chi connectivity index (χ1n) is 4.55. The molecule has 1 N–H and O–H groups in total. The summed E-state index contributed by atoms with van der Waals surface area (Å²) < 4.78 is 5.40. The molecule has 2 aromatic heterocycles. The molecule has 0 atom stereocenters. The molecule has 0 unspecified atom stereocenters. The molecule has 8 heteroatoms. The molecule has 0 fully saturated rings. The van der Waals surface area contributed by atoms with E-state index in [0.717, 1.165) is 4.68 Å². The maximum atomic E-state index is 11.7. The highest BCUT2D eigenvalue weighted by atomic mass is 32.1. The number of carbonyl (C=O) groups is 2. The van der Waals surface area contributed by atoms with Gasteiger partial charge in [0.05, 0.1) is 7.11 Å². The fourth-order valence-corrected chi connectivity index (χ4v) is 1.61. The Morgan fingerprint density at radius 3 is 3.00 bits per heavy atom. The summed E-state index contributed by atoms with van der Waals surface area (Å²) in [6.45, 7) is 0. The molecule has 0 bridgehead atoms. The summed E-state index contributed by atoms with van der Waals surface area (Å²) >= 11 is 1.29. The Morgan fingerprint density at radius 1 is 1.53 bits per heavy atom. The van der Waals surface area contributed by atoms with E-state index >= 15 is 0 Å². The Labute approximate surface area is 100 Å². The largest absolute Gasteiger partial charge is 0.451 e. The number of ether oxygens (including phenoxy) is 1. The van der Waals surface area contributed by atoms with E-state index in [2.05, 4.69) is 20.1 Å². The van der Waals surface area contributed by atoms with Crippen molar-refractivity contribution < 1.29 is 14.3 Å². The number of nitrogens with zero attached hydrogens (tertiary/aromatic N) is 3. The standard InChI is InChI=1S/C9H8N4O3S/c1-16-9(15)13-4-2-6(12-13)7(14)11-8-10-3-5-17-8/h2-5H,1H3,(H,10,11,14). The summed E-state index contributed by atoms with van der Waals surface area (Å²) in [6, 6.07) is 1.42. The number of hydrogen-bond acceptors (Lipinski definition) is 6. The van der Waals surface area contributed by atoms with Gasteiger partial charge < -0.3 is 4.74 Å². The van der Waals surface area contributed by atoms with Gasteiger partial charge in [-0.3, -0.25) is 10.1 Å². The molecule has 0 saturated heterocycles. The van der Waals surface area contributed by atoms with Crippen LogP contribution in [-0.4, -0.2) is 33.9 Å². The monoisotopic (exact) mass is 252 g/mol. The first kappa shape index (κ1) is 11.3. The summed E-state index contributed by atoms with van der Waals surface area (Å²) in [4.78, 5) is 26.7. The van der Waals surface area contributed by atoms with Crippen LogP contribution in [0.3, 0.4) is 0 Å². The van der Waals surface area contributed by atoms with Crippen LogP contribution in [0.2, 0.25) is 0 Å². The molecule has 2 aromatic rings. The van der Waals surface area contributed by atoms with Crippen molar-refractivity contribution in [3.8, 4) is 0 Å². The zero-order valence-corrected chi connectivity index (χ0v) is 9.60. The summed E-state index contributed by atoms with van der Waals surface area (Å²) in [5.74, 6) is -0.428. The molecule has 0 aliphatic heterocycles. The van der Waals surface area contributed by atoms with E-state index in [1.807, 2.05) is 0 Å². The van der Waals surface area contributed by atoms with Crippen LogP contribution in [0.5, 0.6) is 0 Å². The lowest BCUT2D eigenvalue weighted by Crippen LogP contribution is -2.16. The number of hydrogen-bond donors (Lipinski definition) is 1. The topological polar surface area (TPSA) is 86.1 Å². The van der Waals surface area contributed by atoms with Crippen LogP contribution in [0.25, 0.3) is 0 Å². The van der Waals surface area contributed by atoms with Gasteiger partial charge in [-0.25, -0.2) is 9.78 Å². The number of rotatable bonds is 2. The quantitative estimate of drug-likeness (QED) is 0.868. The Morgan fingerprint density at radius 2 is 2.35 bits per heavy atom. The van der Waals surface area contributed by atoms with E-state index in [1.165, 1.54) is 30.7 Å². The average molecular weight is 252 g/mol. The van der Waals surface area contributed by atoms with Crippen molar-refractivity contribution in [2.75, 3.05) is 12.4 Å². The molecule has 0 radical (unpaired) electrons. The van der Waals surface area contributed by atoms with Crippen LogP contribution >= 0.6 is 11.3 Å². The molecule has 0 spiro atoms. The third kappa shape index (κ3) is 2.48. The summed E-state index contributed by atoms with van der Waals surface area (Å²) in [7, 11) is 1.24. The highest BCUT2D eigenvalue weighted by Gasteiger charge is 2.13. The number of nitrogens with one attached hydrogen (secondary N) is 1. The van der Waals surface area contributed by atoms with Gasteiger partial charge in [-0.15, -0.1) is 11.3 Å². The van der Waals surface area contributed by atoms with Gasteiger partial charge in [0.15, 0.2) is 10.8 Å². The van der Waals surface area contributed by atoms with Gasteiger partial charge in [0, 0.05) is 17.8 Å². The van der Waals surface area contributed by atoms with Crippen LogP contribution in [0.4, 0.5) is 9.93 Å². The van der Waals surface area contributed by atoms with Crippen LogP contribution in [0, 0.1) is 0 Å². The zero-order chi connectivity index (χ0) is 12.3. The summed E-state index contributed by atoms with van der Waals surface area (Å²) in [5, 5.41) is 8.53. The second-order valence-electron chi connectivity index (χ2n) is 2.91. The lowest BCUT2D eigenvalue weighted by molar-refractivity contribution is 0.102. The van der Waals surface area contributed by atoms with Crippen molar-refractivity contribution in [2.45, 2.75) is 0 Å². The first-order chi connectivity index (χ1) is 8.20. The molecule has 2 rings (SSSR count).